The Labute approximate surface area is 156 Å². The van der Waals surface area contributed by atoms with Crippen LogP contribution in [0.1, 0.15) is 48.5 Å². The molecule has 2 saturated heterocycles. The number of hydrogen-bond acceptors (Lipinski definition) is 4. The number of hydrogen-bond donors (Lipinski definition) is 0. The van der Waals surface area contributed by atoms with Crippen LogP contribution in [0, 0.1) is 5.41 Å². The summed E-state index contributed by atoms with van der Waals surface area (Å²) < 4.78 is 5.05. The molecule has 5 heteroatoms. The minimum atomic E-state index is 0.108. The minimum Gasteiger partial charge on any atom is -0.384 e. The number of ether oxygens (including phenoxy) is 1. The molecular weight excluding hydrogens is 328 g/mol. The molecule has 2 aliphatic rings. The molecule has 0 radical (unpaired) electrons. The first kappa shape index (κ1) is 19.1. The molecule has 2 fully saturated rings. The number of Topliss-reactive ketones (excluding diaryl/α,β-unsaturated/α-hetero) is 1. The second-order valence-corrected chi connectivity index (χ2v) is 7.88. The van der Waals surface area contributed by atoms with E-state index < -0.39 is 0 Å². The number of likely N-dealkylation sites (tertiary alicyclic amines) is 2. The fourth-order valence-electron chi connectivity index (χ4n) is 4.37. The van der Waals surface area contributed by atoms with E-state index in [0.717, 1.165) is 51.1 Å². The van der Waals surface area contributed by atoms with Crippen LogP contribution in [0.15, 0.2) is 24.3 Å². The molecule has 1 amide bonds. The summed E-state index contributed by atoms with van der Waals surface area (Å²) in [6.07, 6.45) is 3.95. The molecule has 0 N–H and O–H groups in total. The number of carbonyl (C=O) groups excluding carboxylic acids is 2. The van der Waals surface area contributed by atoms with E-state index >= 15 is 0 Å². The predicted octanol–water partition coefficient (Wildman–Crippen LogP) is 2.74. The van der Waals surface area contributed by atoms with Gasteiger partial charge < -0.3 is 9.64 Å². The lowest BCUT2D eigenvalue weighted by molar-refractivity contribution is -0.135. The Balaban J connectivity index is 1.56. The van der Waals surface area contributed by atoms with Crippen molar-refractivity contribution in [3.05, 3.63) is 35.4 Å². The summed E-state index contributed by atoms with van der Waals surface area (Å²) in [6.45, 7) is 6.92. The second kappa shape index (κ2) is 8.31. The van der Waals surface area contributed by atoms with Gasteiger partial charge in [-0.05, 0) is 38.3 Å². The Kier molecular flexibility index (Phi) is 6.09. The molecule has 2 aliphatic heterocycles. The van der Waals surface area contributed by atoms with Crippen molar-refractivity contribution in [1.82, 2.24) is 9.80 Å². The first-order valence-electron chi connectivity index (χ1n) is 9.60. The van der Waals surface area contributed by atoms with E-state index in [0.29, 0.717) is 13.0 Å². The van der Waals surface area contributed by atoms with Gasteiger partial charge in [0, 0.05) is 44.3 Å². The summed E-state index contributed by atoms with van der Waals surface area (Å²) in [7, 11) is 1.64. The maximum absolute atomic E-state index is 12.4. The Bertz CT molecular complexity index is 643. The molecule has 0 bridgehead atoms. The van der Waals surface area contributed by atoms with Crippen LogP contribution in [0.3, 0.4) is 0 Å². The van der Waals surface area contributed by atoms with Gasteiger partial charge in [0.15, 0.2) is 5.78 Å². The summed E-state index contributed by atoms with van der Waals surface area (Å²) >= 11 is 0. The molecule has 0 aliphatic carbocycles. The molecule has 0 aromatic heterocycles. The summed E-state index contributed by atoms with van der Waals surface area (Å²) in [6, 6.07) is 7.95. The van der Waals surface area contributed by atoms with Gasteiger partial charge in [-0.1, -0.05) is 24.3 Å². The molecule has 1 atom stereocenters. The van der Waals surface area contributed by atoms with Gasteiger partial charge in [-0.3, -0.25) is 14.5 Å². The van der Waals surface area contributed by atoms with Gasteiger partial charge in [0.2, 0.25) is 5.91 Å². The van der Waals surface area contributed by atoms with Crippen LogP contribution >= 0.6 is 0 Å². The van der Waals surface area contributed by atoms with Crippen molar-refractivity contribution in [2.45, 2.75) is 39.2 Å². The van der Waals surface area contributed by atoms with Crippen LogP contribution in [0.25, 0.3) is 0 Å². The van der Waals surface area contributed by atoms with Crippen LogP contribution in [-0.2, 0) is 16.1 Å². The number of rotatable bonds is 6. The SMILES string of the molecule is COCCC(=O)N1CCC[C@@]2(CCN(Cc3ccc(C(C)=O)cc3)C2)C1. The summed E-state index contributed by atoms with van der Waals surface area (Å²) in [5, 5.41) is 0. The summed E-state index contributed by atoms with van der Waals surface area (Å²) in [5.74, 6) is 0.335. The van der Waals surface area contributed by atoms with Crippen LogP contribution in [0.4, 0.5) is 0 Å². The van der Waals surface area contributed by atoms with E-state index in [1.165, 1.54) is 12.0 Å². The van der Waals surface area contributed by atoms with Crippen molar-refractivity contribution in [2.75, 3.05) is 39.9 Å². The Morgan fingerprint density at radius 3 is 2.58 bits per heavy atom. The van der Waals surface area contributed by atoms with Crippen LogP contribution in [0.5, 0.6) is 0 Å². The van der Waals surface area contributed by atoms with Gasteiger partial charge in [0.1, 0.15) is 0 Å². The molecule has 5 nitrogen and oxygen atoms in total. The first-order chi connectivity index (χ1) is 12.5. The van der Waals surface area contributed by atoms with Gasteiger partial charge >= 0.3 is 0 Å². The van der Waals surface area contributed by atoms with E-state index in [1.54, 1.807) is 14.0 Å². The molecule has 1 spiro atoms. The topological polar surface area (TPSA) is 49.9 Å². The van der Waals surface area contributed by atoms with E-state index in [4.69, 9.17) is 4.74 Å². The van der Waals surface area contributed by atoms with Crippen molar-refractivity contribution in [1.29, 1.82) is 0 Å². The highest BCUT2D eigenvalue weighted by Gasteiger charge is 2.42. The highest BCUT2D eigenvalue weighted by molar-refractivity contribution is 5.94. The number of carbonyl (C=O) groups is 2. The van der Waals surface area contributed by atoms with Crippen molar-refractivity contribution in [3.8, 4) is 0 Å². The molecular formula is C21H30N2O3. The predicted molar refractivity (Wildman–Crippen MR) is 101 cm³/mol. The quantitative estimate of drug-likeness (QED) is 0.734. The van der Waals surface area contributed by atoms with Gasteiger partial charge in [0.05, 0.1) is 13.0 Å². The molecule has 1 aromatic rings. The molecule has 26 heavy (non-hydrogen) atoms. The maximum atomic E-state index is 12.4. The Morgan fingerprint density at radius 1 is 1.12 bits per heavy atom. The number of amides is 1. The Hall–Kier alpha value is -1.72. The lowest BCUT2D eigenvalue weighted by Gasteiger charge is -2.40. The van der Waals surface area contributed by atoms with E-state index in [9.17, 15) is 9.59 Å². The van der Waals surface area contributed by atoms with Crippen LogP contribution < -0.4 is 0 Å². The van der Waals surface area contributed by atoms with Crippen molar-refractivity contribution < 1.29 is 14.3 Å². The average Bonchev–Trinajstić information content (AvgIpc) is 3.01. The van der Waals surface area contributed by atoms with E-state index in [1.807, 2.05) is 17.0 Å². The second-order valence-electron chi connectivity index (χ2n) is 7.88. The lowest BCUT2D eigenvalue weighted by atomic mass is 9.79. The largest absolute Gasteiger partial charge is 0.384 e. The first-order valence-corrected chi connectivity index (χ1v) is 9.60. The van der Waals surface area contributed by atoms with Crippen molar-refractivity contribution in [3.63, 3.8) is 0 Å². The number of methoxy groups -OCH3 is 1. The number of ketones is 1. The zero-order chi connectivity index (χ0) is 18.6. The average molecular weight is 358 g/mol. The minimum absolute atomic E-state index is 0.108. The highest BCUT2D eigenvalue weighted by Crippen LogP contribution is 2.39. The molecule has 1 aromatic carbocycles. The van der Waals surface area contributed by atoms with Gasteiger partial charge in [-0.15, -0.1) is 0 Å². The molecule has 2 heterocycles. The fraction of sp³-hybridized carbons (Fsp3) is 0.619. The molecule has 0 saturated carbocycles. The number of benzene rings is 1. The van der Waals surface area contributed by atoms with Gasteiger partial charge in [-0.2, -0.15) is 0 Å². The monoisotopic (exact) mass is 358 g/mol. The third-order valence-electron chi connectivity index (χ3n) is 5.82. The number of piperidine rings is 1. The van der Waals surface area contributed by atoms with Gasteiger partial charge in [-0.25, -0.2) is 0 Å². The molecule has 3 rings (SSSR count). The zero-order valence-electron chi connectivity index (χ0n) is 16.0. The van der Waals surface area contributed by atoms with Crippen molar-refractivity contribution in [2.24, 2.45) is 5.41 Å². The van der Waals surface area contributed by atoms with Gasteiger partial charge in [0.25, 0.3) is 0 Å². The maximum Gasteiger partial charge on any atom is 0.224 e. The molecule has 0 unspecified atom stereocenters. The number of nitrogens with zero attached hydrogens (tertiary/aromatic N) is 2. The smallest absolute Gasteiger partial charge is 0.224 e. The lowest BCUT2D eigenvalue weighted by Crippen LogP contribution is -2.47. The summed E-state index contributed by atoms with van der Waals surface area (Å²) in [4.78, 5) is 28.3. The molecule has 142 valence electrons. The third kappa shape index (κ3) is 4.51. The zero-order valence-corrected chi connectivity index (χ0v) is 16.0. The van der Waals surface area contributed by atoms with E-state index in [-0.39, 0.29) is 17.1 Å². The van der Waals surface area contributed by atoms with Crippen LogP contribution in [0.2, 0.25) is 0 Å². The van der Waals surface area contributed by atoms with Crippen LogP contribution in [-0.4, -0.2) is 61.4 Å². The third-order valence-corrected chi connectivity index (χ3v) is 5.82. The normalized spacial score (nSPS) is 23.5. The fourth-order valence-corrected chi connectivity index (χ4v) is 4.37. The standard InChI is InChI=1S/C21H30N2O3/c1-17(24)19-6-4-18(5-7-19)14-22-12-10-21(15-22)9-3-11-23(16-21)20(25)8-13-26-2/h4-7H,3,8-16H2,1-2H3/t21-/m0/s1. The Morgan fingerprint density at radius 2 is 1.88 bits per heavy atom. The highest BCUT2D eigenvalue weighted by atomic mass is 16.5. The van der Waals surface area contributed by atoms with Crippen molar-refractivity contribution >= 4 is 11.7 Å². The van der Waals surface area contributed by atoms with E-state index in [2.05, 4.69) is 17.0 Å². The summed E-state index contributed by atoms with van der Waals surface area (Å²) in [5.41, 5.74) is 2.26.